The van der Waals surface area contributed by atoms with E-state index in [-0.39, 0.29) is 11.3 Å². The quantitative estimate of drug-likeness (QED) is 0.455. The average Bonchev–Trinajstić information content (AvgIpc) is 3.03. The molecule has 1 unspecified atom stereocenters. The van der Waals surface area contributed by atoms with Crippen molar-refractivity contribution >= 4 is 17.4 Å². The van der Waals surface area contributed by atoms with Crippen molar-refractivity contribution in [1.82, 2.24) is 4.90 Å². The fraction of sp³-hybridized carbons (Fsp3) is 0.360. The lowest BCUT2D eigenvalue weighted by molar-refractivity contribution is -0.139. The van der Waals surface area contributed by atoms with Gasteiger partial charge in [0.2, 0.25) is 0 Å². The summed E-state index contributed by atoms with van der Waals surface area (Å²) in [6.07, 6.45) is 5.05. The number of hydrogen-bond donors (Lipinski definition) is 1. The Hall–Kier alpha value is -3.08. The summed E-state index contributed by atoms with van der Waals surface area (Å²) in [5.74, 6) is -0.585. The zero-order valence-corrected chi connectivity index (χ0v) is 17.5. The molecule has 0 bridgehead atoms. The Balaban J connectivity index is 1.83. The van der Waals surface area contributed by atoms with E-state index in [0.717, 1.165) is 31.2 Å². The fourth-order valence-corrected chi connectivity index (χ4v) is 4.52. The molecule has 156 valence electrons. The van der Waals surface area contributed by atoms with Crippen LogP contribution in [0.25, 0.3) is 5.76 Å². The molecule has 1 heterocycles. The third-order valence-electron chi connectivity index (χ3n) is 6.06. The van der Waals surface area contributed by atoms with Gasteiger partial charge in [-0.25, -0.2) is 0 Å². The minimum Gasteiger partial charge on any atom is -0.507 e. The van der Waals surface area contributed by atoms with Gasteiger partial charge in [0.05, 0.1) is 18.7 Å². The van der Waals surface area contributed by atoms with Crippen molar-refractivity contribution in [2.45, 2.75) is 45.1 Å². The Labute approximate surface area is 177 Å². The van der Waals surface area contributed by atoms with Crippen molar-refractivity contribution in [1.29, 1.82) is 0 Å². The lowest BCUT2D eigenvalue weighted by atomic mass is 9.88. The van der Waals surface area contributed by atoms with E-state index < -0.39 is 17.7 Å². The molecule has 1 amide bonds. The third kappa shape index (κ3) is 3.49. The number of benzene rings is 2. The summed E-state index contributed by atoms with van der Waals surface area (Å²) in [4.78, 5) is 27.3. The highest BCUT2D eigenvalue weighted by Crippen LogP contribution is 2.40. The summed E-state index contributed by atoms with van der Waals surface area (Å²) in [5, 5.41) is 11.2. The van der Waals surface area contributed by atoms with E-state index in [1.165, 1.54) is 17.5 Å². The van der Waals surface area contributed by atoms with E-state index in [0.29, 0.717) is 17.9 Å². The largest absolute Gasteiger partial charge is 0.507 e. The van der Waals surface area contributed by atoms with E-state index in [4.69, 9.17) is 4.74 Å². The highest BCUT2D eigenvalue weighted by Gasteiger charge is 2.45. The van der Waals surface area contributed by atoms with Crippen molar-refractivity contribution in [3.8, 4) is 5.75 Å². The van der Waals surface area contributed by atoms with Gasteiger partial charge in [0, 0.05) is 12.1 Å². The van der Waals surface area contributed by atoms with Gasteiger partial charge in [-0.3, -0.25) is 9.59 Å². The maximum absolute atomic E-state index is 13.0. The molecule has 0 saturated carbocycles. The van der Waals surface area contributed by atoms with E-state index in [1.807, 2.05) is 37.3 Å². The maximum atomic E-state index is 13.0. The van der Waals surface area contributed by atoms with Crippen LogP contribution in [0, 0.1) is 0 Å². The van der Waals surface area contributed by atoms with E-state index in [1.54, 1.807) is 24.1 Å². The number of aryl methyl sites for hydroxylation is 2. The van der Waals surface area contributed by atoms with Gasteiger partial charge in [-0.05, 0) is 67.0 Å². The summed E-state index contributed by atoms with van der Waals surface area (Å²) in [6, 6.07) is 12.6. The highest BCUT2D eigenvalue weighted by atomic mass is 16.5. The number of fused-ring (bicyclic) bond motifs is 1. The van der Waals surface area contributed by atoms with Crippen LogP contribution in [0.3, 0.4) is 0 Å². The molecule has 1 aliphatic heterocycles. The van der Waals surface area contributed by atoms with Gasteiger partial charge in [-0.15, -0.1) is 0 Å². The van der Waals surface area contributed by atoms with Gasteiger partial charge >= 0.3 is 0 Å². The van der Waals surface area contributed by atoms with Crippen molar-refractivity contribution in [3.63, 3.8) is 0 Å². The zero-order chi connectivity index (χ0) is 21.3. The molecule has 4 rings (SSSR count). The number of likely N-dealkylation sites (tertiary alicyclic amines) is 1. The smallest absolute Gasteiger partial charge is 0.295 e. The molecule has 1 atom stereocenters. The molecule has 5 heteroatoms. The Morgan fingerprint density at radius 2 is 1.77 bits per heavy atom. The SMILES string of the molecule is CCCN1C(=O)C(=O)/C(=C(\O)c2ccc3c(c2)CCCC3)C1c1ccc(OC)cc1. The summed E-state index contributed by atoms with van der Waals surface area (Å²) in [7, 11) is 1.59. The molecular formula is C25H27NO4. The minimum absolute atomic E-state index is 0.0962. The number of carbonyl (C=O) groups is 2. The number of methoxy groups -OCH3 is 1. The van der Waals surface area contributed by atoms with Crippen LogP contribution in [0.5, 0.6) is 5.75 Å². The van der Waals surface area contributed by atoms with Crippen molar-refractivity contribution in [2.75, 3.05) is 13.7 Å². The Bertz CT molecular complexity index is 1010. The Morgan fingerprint density at radius 1 is 1.07 bits per heavy atom. The number of hydrogen-bond acceptors (Lipinski definition) is 4. The molecule has 30 heavy (non-hydrogen) atoms. The monoisotopic (exact) mass is 405 g/mol. The molecule has 0 radical (unpaired) electrons. The zero-order valence-electron chi connectivity index (χ0n) is 17.5. The van der Waals surface area contributed by atoms with Gasteiger partial charge in [-0.2, -0.15) is 0 Å². The van der Waals surface area contributed by atoms with E-state index in [2.05, 4.69) is 0 Å². The molecule has 2 aliphatic rings. The number of aliphatic hydroxyl groups is 1. The standard InChI is InChI=1S/C25H27NO4/c1-3-14-26-22(17-10-12-20(30-2)13-11-17)21(24(28)25(26)29)23(27)19-9-8-16-6-4-5-7-18(16)15-19/h8-13,15,22,27H,3-7,14H2,1-2H3/b23-21-. The van der Waals surface area contributed by atoms with Gasteiger partial charge in [-0.1, -0.05) is 31.2 Å². The molecule has 1 saturated heterocycles. The van der Waals surface area contributed by atoms with Crippen molar-refractivity contribution in [2.24, 2.45) is 0 Å². The molecule has 1 N–H and O–H groups in total. The molecule has 2 aromatic carbocycles. The van der Waals surface area contributed by atoms with Gasteiger partial charge in [0.1, 0.15) is 11.5 Å². The number of ketones is 1. The van der Waals surface area contributed by atoms with Crippen LogP contribution < -0.4 is 4.74 Å². The van der Waals surface area contributed by atoms with Crippen LogP contribution in [0.2, 0.25) is 0 Å². The van der Waals surface area contributed by atoms with Crippen LogP contribution in [0.4, 0.5) is 0 Å². The second-order valence-electron chi connectivity index (χ2n) is 7.96. The Kier molecular flexibility index (Phi) is 5.62. The number of Topliss-reactive ketones (excluding diaryl/α,β-unsaturated/α-hetero) is 1. The molecule has 1 aliphatic carbocycles. The molecule has 0 spiro atoms. The first-order valence-electron chi connectivity index (χ1n) is 10.6. The first kappa shape index (κ1) is 20.2. The predicted molar refractivity (Wildman–Crippen MR) is 115 cm³/mol. The summed E-state index contributed by atoms with van der Waals surface area (Å²) in [6.45, 7) is 2.41. The second kappa shape index (κ2) is 8.34. The highest BCUT2D eigenvalue weighted by molar-refractivity contribution is 6.46. The molecular weight excluding hydrogens is 378 g/mol. The number of nitrogens with zero attached hydrogens (tertiary/aromatic N) is 1. The van der Waals surface area contributed by atoms with Crippen LogP contribution in [0.15, 0.2) is 48.0 Å². The summed E-state index contributed by atoms with van der Waals surface area (Å²) >= 11 is 0. The summed E-state index contributed by atoms with van der Waals surface area (Å²) < 4.78 is 5.24. The first-order chi connectivity index (χ1) is 14.5. The van der Waals surface area contributed by atoms with Crippen molar-refractivity contribution < 1.29 is 19.4 Å². The normalized spacial score (nSPS) is 20.3. The second-order valence-corrected chi connectivity index (χ2v) is 7.96. The van der Waals surface area contributed by atoms with Crippen LogP contribution in [0.1, 0.15) is 54.5 Å². The molecule has 1 fully saturated rings. The van der Waals surface area contributed by atoms with Gasteiger partial charge in [0.15, 0.2) is 0 Å². The molecule has 0 aromatic heterocycles. The van der Waals surface area contributed by atoms with Gasteiger partial charge < -0.3 is 14.7 Å². The topological polar surface area (TPSA) is 66.8 Å². The number of rotatable bonds is 5. The van der Waals surface area contributed by atoms with Crippen LogP contribution >= 0.6 is 0 Å². The Morgan fingerprint density at radius 3 is 2.43 bits per heavy atom. The van der Waals surface area contributed by atoms with E-state index >= 15 is 0 Å². The summed E-state index contributed by atoms with van der Waals surface area (Å²) in [5.41, 5.74) is 4.06. The van der Waals surface area contributed by atoms with Crippen molar-refractivity contribution in [3.05, 3.63) is 70.3 Å². The first-order valence-corrected chi connectivity index (χ1v) is 10.6. The maximum Gasteiger partial charge on any atom is 0.295 e. The number of carbonyl (C=O) groups excluding carboxylic acids is 2. The molecule has 5 nitrogen and oxygen atoms in total. The average molecular weight is 405 g/mol. The van der Waals surface area contributed by atoms with Crippen LogP contribution in [-0.2, 0) is 22.4 Å². The number of ether oxygens (including phenoxy) is 1. The lowest BCUT2D eigenvalue weighted by Crippen LogP contribution is -2.30. The lowest BCUT2D eigenvalue weighted by Gasteiger charge is -2.25. The predicted octanol–water partition coefficient (Wildman–Crippen LogP) is 4.41. The third-order valence-corrected chi connectivity index (χ3v) is 6.06. The van der Waals surface area contributed by atoms with Gasteiger partial charge in [0.25, 0.3) is 11.7 Å². The molecule has 2 aromatic rings. The minimum atomic E-state index is -0.625. The number of amides is 1. The van der Waals surface area contributed by atoms with Crippen LogP contribution in [-0.4, -0.2) is 35.4 Å². The fourth-order valence-electron chi connectivity index (χ4n) is 4.52. The van der Waals surface area contributed by atoms with E-state index in [9.17, 15) is 14.7 Å². The number of aliphatic hydroxyl groups excluding tert-OH is 1.